The molecule has 10 heteroatoms. The molecule has 3 aromatic rings. The van der Waals surface area contributed by atoms with E-state index < -0.39 is 5.92 Å². The van der Waals surface area contributed by atoms with E-state index in [4.69, 9.17) is 4.74 Å². The number of aromatic nitrogens is 3. The normalized spacial score (nSPS) is 17.2. The van der Waals surface area contributed by atoms with Gasteiger partial charge in [0.15, 0.2) is 0 Å². The van der Waals surface area contributed by atoms with Crippen molar-refractivity contribution >= 4 is 23.0 Å². The number of amides is 1. The Morgan fingerprint density at radius 2 is 1.81 bits per heavy atom. The van der Waals surface area contributed by atoms with Crippen LogP contribution in [0.25, 0.3) is 11.3 Å². The number of carbonyl (C=O) groups is 1. The molecule has 0 bridgehead atoms. The van der Waals surface area contributed by atoms with Crippen molar-refractivity contribution in [3.05, 3.63) is 54.5 Å². The van der Waals surface area contributed by atoms with Crippen LogP contribution in [0.15, 0.2) is 48.8 Å². The van der Waals surface area contributed by atoms with Crippen molar-refractivity contribution < 1.29 is 18.3 Å². The van der Waals surface area contributed by atoms with Crippen molar-refractivity contribution in [3.63, 3.8) is 0 Å². The van der Waals surface area contributed by atoms with Gasteiger partial charge >= 0.3 is 0 Å². The van der Waals surface area contributed by atoms with Crippen LogP contribution >= 0.6 is 0 Å². The van der Waals surface area contributed by atoms with Crippen LogP contribution in [0.1, 0.15) is 37.2 Å². The van der Waals surface area contributed by atoms with E-state index in [1.807, 2.05) is 36.9 Å². The number of carbonyl (C=O) groups excluding carboxylic acids is 1. The van der Waals surface area contributed by atoms with Gasteiger partial charge in [0.25, 0.3) is 11.8 Å². The maximum absolute atomic E-state index is 13.8. The smallest absolute Gasteiger partial charge is 0.274 e. The molecule has 2 aliphatic rings. The second kappa shape index (κ2) is 11.5. The van der Waals surface area contributed by atoms with Gasteiger partial charge in [0.1, 0.15) is 5.69 Å². The number of benzene rings is 1. The molecule has 2 aliphatic heterocycles. The number of morpholine rings is 1. The number of anilines is 3. The Morgan fingerprint density at radius 3 is 2.50 bits per heavy atom. The molecule has 0 unspecified atom stereocenters. The fourth-order valence-electron chi connectivity index (χ4n) is 4.28. The molecule has 2 aromatic heterocycles. The Hall–Kier alpha value is -3.53. The minimum atomic E-state index is -2.65. The molecule has 2 N–H and O–H groups in total. The van der Waals surface area contributed by atoms with Crippen LogP contribution in [0.2, 0.25) is 0 Å². The number of nitrogens with zero attached hydrogens (tertiary/aromatic N) is 4. The number of hydrogen-bond acceptors (Lipinski definition) is 6. The van der Waals surface area contributed by atoms with E-state index in [0.717, 1.165) is 30.0 Å². The highest BCUT2D eigenvalue weighted by Crippen LogP contribution is 2.36. The van der Waals surface area contributed by atoms with Crippen molar-refractivity contribution in [1.29, 1.82) is 0 Å². The number of hydrogen-bond donors (Lipinski definition) is 2. The van der Waals surface area contributed by atoms with Gasteiger partial charge in [-0.3, -0.25) is 9.89 Å². The van der Waals surface area contributed by atoms with E-state index >= 15 is 0 Å². The summed E-state index contributed by atoms with van der Waals surface area (Å²) in [5.74, 6) is -3.02. The molecule has 0 saturated carbocycles. The topological polar surface area (TPSA) is 86.4 Å². The van der Waals surface area contributed by atoms with Gasteiger partial charge in [-0.25, -0.2) is 13.8 Å². The van der Waals surface area contributed by atoms with E-state index in [2.05, 4.69) is 25.4 Å². The first-order valence-corrected chi connectivity index (χ1v) is 12.4. The van der Waals surface area contributed by atoms with Crippen LogP contribution < -0.4 is 15.1 Å². The first kappa shape index (κ1) is 25.6. The molecule has 0 aliphatic carbocycles. The molecule has 2 fully saturated rings. The van der Waals surface area contributed by atoms with Gasteiger partial charge in [-0.15, -0.1) is 0 Å². The first-order valence-electron chi connectivity index (χ1n) is 12.4. The maximum Gasteiger partial charge on any atom is 0.274 e. The predicted molar refractivity (Wildman–Crippen MR) is 137 cm³/mol. The molecule has 1 aromatic carbocycles. The molecule has 192 valence electrons. The van der Waals surface area contributed by atoms with Crippen LogP contribution in [-0.2, 0) is 4.74 Å². The summed E-state index contributed by atoms with van der Waals surface area (Å²) in [7, 11) is 0. The second-order valence-corrected chi connectivity index (χ2v) is 8.49. The quantitative estimate of drug-likeness (QED) is 0.525. The van der Waals surface area contributed by atoms with Gasteiger partial charge in [-0.2, -0.15) is 5.10 Å². The monoisotopic (exact) mass is 498 g/mol. The standard InChI is InChI=1S/C24H26F2N6O2.C2H6/c25-24(26)6-8-32(9-7-24)22-14-18(31-10-12-34-13-11-31)4-5-20(22)30-23(33)21-3-1-2-19(29-21)17-15-27-28-16-17;1-2/h1-5,14-16H,6-13H2,(H,27,28)(H,30,33);1-2H3. The Balaban J connectivity index is 0.00000148. The fraction of sp³-hybridized carbons (Fsp3) is 0.423. The van der Waals surface area contributed by atoms with Crippen LogP contribution in [-0.4, -0.2) is 66.4 Å². The minimum absolute atomic E-state index is 0.212. The second-order valence-electron chi connectivity index (χ2n) is 8.49. The molecule has 5 rings (SSSR count). The number of halogens is 2. The SMILES string of the molecule is CC.O=C(Nc1ccc(N2CCOCC2)cc1N1CCC(F)(F)CC1)c1cccc(-c2cn[nH]c2)n1. The first-order chi connectivity index (χ1) is 17.5. The summed E-state index contributed by atoms with van der Waals surface area (Å²) in [5, 5.41) is 9.61. The van der Waals surface area contributed by atoms with Crippen molar-refractivity contribution in [2.75, 3.05) is 54.5 Å². The van der Waals surface area contributed by atoms with Gasteiger partial charge in [0.05, 0.1) is 36.5 Å². The zero-order valence-electron chi connectivity index (χ0n) is 20.6. The Bertz CT molecular complexity index is 1140. The highest BCUT2D eigenvalue weighted by atomic mass is 19.3. The molecule has 0 radical (unpaired) electrons. The summed E-state index contributed by atoms with van der Waals surface area (Å²) in [5.41, 5.74) is 3.95. The highest BCUT2D eigenvalue weighted by Gasteiger charge is 2.35. The molecular formula is C26H32F2N6O2. The van der Waals surface area contributed by atoms with Crippen LogP contribution in [0.3, 0.4) is 0 Å². The van der Waals surface area contributed by atoms with Crippen molar-refractivity contribution in [1.82, 2.24) is 15.2 Å². The van der Waals surface area contributed by atoms with Crippen LogP contribution in [0, 0.1) is 0 Å². The Labute approximate surface area is 209 Å². The van der Waals surface area contributed by atoms with Gasteiger partial charge in [-0.1, -0.05) is 19.9 Å². The molecule has 36 heavy (non-hydrogen) atoms. The molecule has 1 amide bonds. The Morgan fingerprint density at radius 1 is 1.06 bits per heavy atom. The summed E-state index contributed by atoms with van der Waals surface area (Å²) in [6.45, 7) is 7.24. The summed E-state index contributed by atoms with van der Waals surface area (Å²) in [6, 6.07) is 11.0. The zero-order chi connectivity index (χ0) is 25.5. The molecule has 0 atom stereocenters. The number of alkyl halides is 2. The van der Waals surface area contributed by atoms with E-state index in [1.165, 1.54) is 0 Å². The van der Waals surface area contributed by atoms with Crippen LogP contribution in [0.5, 0.6) is 0 Å². The highest BCUT2D eigenvalue weighted by molar-refractivity contribution is 6.05. The van der Waals surface area contributed by atoms with Gasteiger partial charge in [0.2, 0.25) is 0 Å². The number of piperidine rings is 1. The number of ether oxygens (including phenoxy) is 1. The van der Waals surface area contributed by atoms with Crippen molar-refractivity contribution in [2.45, 2.75) is 32.6 Å². The average Bonchev–Trinajstić information content (AvgIpc) is 3.46. The van der Waals surface area contributed by atoms with E-state index in [1.54, 1.807) is 30.6 Å². The van der Waals surface area contributed by atoms with E-state index in [-0.39, 0.29) is 37.5 Å². The lowest BCUT2D eigenvalue weighted by molar-refractivity contribution is -0.0220. The van der Waals surface area contributed by atoms with Crippen molar-refractivity contribution in [2.24, 2.45) is 0 Å². The molecule has 2 saturated heterocycles. The number of rotatable bonds is 5. The third-order valence-electron chi connectivity index (χ3n) is 6.22. The van der Waals surface area contributed by atoms with Gasteiger partial charge in [0, 0.05) is 56.5 Å². The predicted octanol–water partition coefficient (Wildman–Crippen LogP) is 4.82. The third-order valence-corrected chi connectivity index (χ3v) is 6.22. The van der Waals surface area contributed by atoms with E-state index in [9.17, 15) is 13.6 Å². The van der Waals surface area contributed by atoms with Gasteiger partial charge in [-0.05, 0) is 30.3 Å². The summed E-state index contributed by atoms with van der Waals surface area (Å²) >= 11 is 0. The minimum Gasteiger partial charge on any atom is -0.378 e. The Kier molecular flexibility index (Phi) is 8.14. The number of pyridine rings is 1. The average molecular weight is 499 g/mol. The third kappa shape index (κ3) is 5.99. The fourth-order valence-corrected chi connectivity index (χ4v) is 4.28. The summed E-state index contributed by atoms with van der Waals surface area (Å²) in [6.07, 6.45) is 2.92. The largest absolute Gasteiger partial charge is 0.378 e. The van der Waals surface area contributed by atoms with Crippen LogP contribution in [0.4, 0.5) is 25.8 Å². The molecular weight excluding hydrogens is 466 g/mol. The molecule has 8 nitrogen and oxygen atoms in total. The summed E-state index contributed by atoms with van der Waals surface area (Å²) in [4.78, 5) is 21.7. The number of nitrogens with one attached hydrogen (secondary N) is 2. The lowest BCUT2D eigenvalue weighted by atomic mass is 10.0. The maximum atomic E-state index is 13.8. The van der Waals surface area contributed by atoms with Gasteiger partial charge < -0.3 is 19.9 Å². The lowest BCUT2D eigenvalue weighted by Crippen LogP contribution is -2.40. The van der Waals surface area contributed by atoms with Crippen molar-refractivity contribution in [3.8, 4) is 11.3 Å². The molecule has 4 heterocycles. The number of H-pyrrole nitrogens is 1. The summed E-state index contributed by atoms with van der Waals surface area (Å²) < 4.78 is 33.1. The number of aromatic amines is 1. The molecule has 0 spiro atoms. The van der Waals surface area contributed by atoms with E-state index in [0.29, 0.717) is 24.6 Å². The zero-order valence-corrected chi connectivity index (χ0v) is 20.6. The lowest BCUT2D eigenvalue weighted by Gasteiger charge is -2.36.